The molecule has 2 N–H and O–H groups in total. The Morgan fingerprint density at radius 2 is 1.94 bits per heavy atom. The highest BCUT2D eigenvalue weighted by Gasteiger charge is 2.15. The Labute approximate surface area is 105 Å². The number of hydrogen-bond acceptors (Lipinski definition) is 5. The van der Waals surface area contributed by atoms with Gasteiger partial charge in [-0.1, -0.05) is 5.16 Å². The van der Waals surface area contributed by atoms with Crippen LogP contribution in [0.5, 0.6) is 0 Å². The van der Waals surface area contributed by atoms with Gasteiger partial charge in [-0.15, -0.1) is 0 Å². The van der Waals surface area contributed by atoms with Crippen molar-refractivity contribution in [3.8, 4) is 0 Å². The molecule has 0 aliphatic carbocycles. The second-order valence-electron chi connectivity index (χ2n) is 3.54. The number of sulfonamides is 1. The Hall–Kier alpha value is -2.02. The zero-order valence-electron chi connectivity index (χ0n) is 9.75. The lowest BCUT2D eigenvalue weighted by atomic mass is 10.3. The van der Waals surface area contributed by atoms with E-state index in [1.807, 2.05) is 6.92 Å². The molecular formula is C11H13N3O3S. The molecule has 18 heavy (non-hydrogen) atoms. The molecule has 0 unspecified atom stereocenters. The maximum atomic E-state index is 12.0. The molecule has 0 spiro atoms. The highest BCUT2D eigenvalue weighted by molar-refractivity contribution is 7.92. The number of anilines is 2. The molecule has 1 aromatic heterocycles. The van der Waals surface area contributed by atoms with Crippen molar-refractivity contribution in [3.63, 3.8) is 0 Å². The minimum atomic E-state index is -3.62. The summed E-state index contributed by atoms with van der Waals surface area (Å²) in [6, 6.07) is 7.91. The number of benzene rings is 1. The molecule has 1 aromatic carbocycles. The zero-order valence-corrected chi connectivity index (χ0v) is 10.6. The number of hydrogen-bond donors (Lipinski definition) is 2. The van der Waals surface area contributed by atoms with E-state index >= 15 is 0 Å². The summed E-state index contributed by atoms with van der Waals surface area (Å²) >= 11 is 0. The molecular weight excluding hydrogens is 254 g/mol. The van der Waals surface area contributed by atoms with Crippen LogP contribution < -0.4 is 10.0 Å². The average molecular weight is 267 g/mol. The summed E-state index contributed by atoms with van der Waals surface area (Å²) in [6.07, 6.45) is 1.30. The molecule has 0 saturated carbocycles. The van der Waals surface area contributed by atoms with E-state index in [9.17, 15) is 8.42 Å². The standard InChI is InChI=1S/C11H13N3O3S/c1-2-12-9-3-5-10(6-4-9)18(15,16)14-11-7-8-17-13-11/h3-8,12H,2H2,1H3,(H,13,14). The van der Waals surface area contributed by atoms with E-state index in [-0.39, 0.29) is 10.7 Å². The van der Waals surface area contributed by atoms with Crippen LogP contribution in [-0.2, 0) is 10.0 Å². The van der Waals surface area contributed by atoms with Crippen molar-refractivity contribution in [2.75, 3.05) is 16.6 Å². The van der Waals surface area contributed by atoms with Gasteiger partial charge in [0.15, 0.2) is 5.82 Å². The van der Waals surface area contributed by atoms with Crippen molar-refractivity contribution in [1.82, 2.24) is 5.16 Å². The first kappa shape index (κ1) is 12.4. The van der Waals surface area contributed by atoms with E-state index in [1.54, 1.807) is 12.1 Å². The monoisotopic (exact) mass is 267 g/mol. The van der Waals surface area contributed by atoms with Gasteiger partial charge in [0.1, 0.15) is 6.26 Å². The van der Waals surface area contributed by atoms with E-state index in [0.29, 0.717) is 0 Å². The summed E-state index contributed by atoms with van der Waals surface area (Å²) in [7, 11) is -3.62. The lowest BCUT2D eigenvalue weighted by Crippen LogP contribution is -2.13. The molecule has 0 fully saturated rings. The normalized spacial score (nSPS) is 11.2. The van der Waals surface area contributed by atoms with Gasteiger partial charge < -0.3 is 9.84 Å². The third kappa shape index (κ3) is 2.80. The van der Waals surface area contributed by atoms with Gasteiger partial charge in [0.2, 0.25) is 0 Å². The fraction of sp³-hybridized carbons (Fsp3) is 0.182. The van der Waals surface area contributed by atoms with Crippen LogP contribution in [0.4, 0.5) is 11.5 Å². The Kier molecular flexibility index (Phi) is 3.52. The van der Waals surface area contributed by atoms with Crippen LogP contribution in [0.3, 0.4) is 0 Å². The van der Waals surface area contributed by atoms with Crippen molar-refractivity contribution in [1.29, 1.82) is 0 Å². The van der Waals surface area contributed by atoms with E-state index in [4.69, 9.17) is 0 Å². The minimum absolute atomic E-state index is 0.158. The average Bonchev–Trinajstić information content (AvgIpc) is 2.82. The maximum absolute atomic E-state index is 12.0. The third-order valence-electron chi connectivity index (χ3n) is 2.22. The van der Waals surface area contributed by atoms with E-state index < -0.39 is 10.0 Å². The summed E-state index contributed by atoms with van der Waals surface area (Å²) in [6.45, 7) is 2.75. The first-order valence-electron chi connectivity index (χ1n) is 5.39. The van der Waals surface area contributed by atoms with Crippen molar-refractivity contribution in [2.45, 2.75) is 11.8 Å². The second-order valence-corrected chi connectivity index (χ2v) is 5.23. The molecule has 0 atom stereocenters. The molecule has 0 bridgehead atoms. The van der Waals surface area contributed by atoms with Gasteiger partial charge in [-0.05, 0) is 31.2 Å². The second kappa shape index (κ2) is 5.09. The van der Waals surface area contributed by atoms with Crippen LogP contribution in [0.25, 0.3) is 0 Å². The Morgan fingerprint density at radius 3 is 2.50 bits per heavy atom. The molecule has 0 saturated heterocycles. The van der Waals surface area contributed by atoms with Gasteiger partial charge in [0.25, 0.3) is 10.0 Å². The molecule has 1 heterocycles. The Morgan fingerprint density at radius 1 is 1.22 bits per heavy atom. The van der Waals surface area contributed by atoms with Crippen LogP contribution in [0.1, 0.15) is 6.92 Å². The number of rotatable bonds is 5. The zero-order chi connectivity index (χ0) is 13.0. The SMILES string of the molecule is CCNc1ccc(S(=O)(=O)Nc2ccon2)cc1. The predicted octanol–water partition coefficient (Wildman–Crippen LogP) is 1.91. The lowest BCUT2D eigenvalue weighted by Gasteiger charge is -2.06. The molecule has 96 valence electrons. The highest BCUT2D eigenvalue weighted by Crippen LogP contribution is 2.16. The van der Waals surface area contributed by atoms with Gasteiger partial charge in [-0.25, -0.2) is 8.42 Å². The van der Waals surface area contributed by atoms with Gasteiger partial charge in [0.05, 0.1) is 4.90 Å². The Bertz CT molecular complexity index is 591. The fourth-order valence-corrected chi connectivity index (χ4v) is 2.41. The molecule has 6 nitrogen and oxygen atoms in total. The first-order valence-corrected chi connectivity index (χ1v) is 6.87. The lowest BCUT2D eigenvalue weighted by molar-refractivity contribution is 0.423. The molecule has 2 rings (SSSR count). The summed E-state index contributed by atoms with van der Waals surface area (Å²) in [5, 5.41) is 6.59. The largest absolute Gasteiger partial charge is 0.385 e. The smallest absolute Gasteiger partial charge is 0.263 e. The molecule has 0 aliphatic rings. The van der Waals surface area contributed by atoms with Crippen molar-refractivity contribution in [3.05, 3.63) is 36.6 Å². The van der Waals surface area contributed by atoms with Crippen molar-refractivity contribution < 1.29 is 12.9 Å². The van der Waals surface area contributed by atoms with Gasteiger partial charge in [-0.2, -0.15) is 0 Å². The predicted molar refractivity (Wildman–Crippen MR) is 67.9 cm³/mol. The first-order chi connectivity index (χ1) is 8.62. The number of nitrogens with zero attached hydrogens (tertiary/aromatic N) is 1. The van der Waals surface area contributed by atoms with Crippen LogP contribution in [-0.4, -0.2) is 20.1 Å². The molecule has 2 aromatic rings. The fourth-order valence-electron chi connectivity index (χ4n) is 1.42. The van der Waals surface area contributed by atoms with Crippen LogP contribution in [0.15, 0.2) is 46.0 Å². The molecule has 0 radical (unpaired) electrons. The highest BCUT2D eigenvalue weighted by atomic mass is 32.2. The Balaban J connectivity index is 2.19. The van der Waals surface area contributed by atoms with Crippen molar-refractivity contribution >= 4 is 21.5 Å². The third-order valence-corrected chi connectivity index (χ3v) is 3.59. The molecule has 0 amide bonds. The topological polar surface area (TPSA) is 84.2 Å². The molecule has 7 heteroatoms. The van der Waals surface area contributed by atoms with Gasteiger partial charge in [-0.3, -0.25) is 4.72 Å². The molecule has 0 aliphatic heterocycles. The maximum Gasteiger partial charge on any atom is 0.263 e. The summed E-state index contributed by atoms with van der Waals surface area (Å²) in [5.74, 6) is 0.158. The van der Waals surface area contributed by atoms with E-state index in [1.165, 1.54) is 24.5 Å². The van der Waals surface area contributed by atoms with Gasteiger partial charge in [0, 0.05) is 18.3 Å². The van der Waals surface area contributed by atoms with Crippen LogP contribution in [0, 0.1) is 0 Å². The quantitative estimate of drug-likeness (QED) is 0.864. The number of aromatic nitrogens is 1. The summed E-state index contributed by atoms with van der Waals surface area (Å²) < 4.78 is 30.8. The van der Waals surface area contributed by atoms with Crippen LogP contribution >= 0.6 is 0 Å². The summed E-state index contributed by atoms with van der Waals surface area (Å²) in [4.78, 5) is 0.173. The minimum Gasteiger partial charge on any atom is -0.385 e. The van der Waals surface area contributed by atoms with Crippen LogP contribution in [0.2, 0.25) is 0 Å². The van der Waals surface area contributed by atoms with Gasteiger partial charge >= 0.3 is 0 Å². The number of nitrogens with one attached hydrogen (secondary N) is 2. The van der Waals surface area contributed by atoms with E-state index in [2.05, 4.69) is 19.7 Å². The van der Waals surface area contributed by atoms with E-state index in [0.717, 1.165) is 12.2 Å². The van der Waals surface area contributed by atoms with Crippen molar-refractivity contribution in [2.24, 2.45) is 0 Å². The summed E-state index contributed by atoms with van der Waals surface area (Å²) in [5.41, 5.74) is 0.873.